The molecule has 1 aliphatic carbocycles. The minimum Gasteiger partial charge on any atom is -0.372 e. The van der Waals surface area contributed by atoms with Crippen molar-refractivity contribution in [3.8, 4) is 0 Å². The van der Waals surface area contributed by atoms with E-state index in [1.165, 1.54) is 24.3 Å². The summed E-state index contributed by atoms with van der Waals surface area (Å²) in [4.78, 5) is 14.8. The molecule has 2 N–H and O–H groups in total. The van der Waals surface area contributed by atoms with E-state index in [0.29, 0.717) is 11.3 Å². The van der Waals surface area contributed by atoms with E-state index < -0.39 is 10.0 Å². The maximum absolute atomic E-state index is 12.4. The summed E-state index contributed by atoms with van der Waals surface area (Å²) >= 11 is 0. The molecule has 0 spiro atoms. The van der Waals surface area contributed by atoms with Crippen molar-refractivity contribution in [3.05, 3.63) is 54.1 Å². The maximum atomic E-state index is 12.4. The first-order valence-corrected chi connectivity index (χ1v) is 10.7. The molecular formula is C20H25N3O3S. The lowest BCUT2D eigenvalue weighted by Crippen LogP contribution is -2.25. The molecule has 1 aliphatic rings. The van der Waals surface area contributed by atoms with E-state index in [1.807, 2.05) is 24.3 Å². The number of hydrogen-bond acceptors (Lipinski definition) is 4. The van der Waals surface area contributed by atoms with E-state index in [0.717, 1.165) is 31.6 Å². The lowest BCUT2D eigenvalue weighted by Gasteiger charge is -2.21. The standard InChI is InChI=1S/C20H25N3O3S/c1-3-23(4-2)18-11-9-16(10-12-18)21-20(24)15-5-13-19(14-6-15)27(25,26)22-17-7-8-17/h5-6,9-14,17,22H,3-4,7-8H2,1-2H3,(H,21,24). The smallest absolute Gasteiger partial charge is 0.255 e. The van der Waals surface area contributed by atoms with Crippen LogP contribution in [0.2, 0.25) is 0 Å². The van der Waals surface area contributed by atoms with Crippen molar-refractivity contribution in [1.29, 1.82) is 0 Å². The van der Waals surface area contributed by atoms with Crippen molar-refractivity contribution in [2.45, 2.75) is 37.6 Å². The van der Waals surface area contributed by atoms with Gasteiger partial charge in [-0.15, -0.1) is 0 Å². The zero-order valence-corrected chi connectivity index (χ0v) is 16.4. The number of nitrogens with one attached hydrogen (secondary N) is 2. The Kier molecular flexibility index (Phi) is 5.82. The molecule has 0 radical (unpaired) electrons. The van der Waals surface area contributed by atoms with E-state index in [2.05, 4.69) is 28.8 Å². The molecule has 0 heterocycles. The first-order valence-electron chi connectivity index (χ1n) is 9.21. The van der Waals surface area contributed by atoms with E-state index in [4.69, 9.17) is 0 Å². The van der Waals surface area contributed by atoms with Gasteiger partial charge in [0, 0.05) is 36.1 Å². The van der Waals surface area contributed by atoms with Gasteiger partial charge < -0.3 is 10.2 Å². The SMILES string of the molecule is CCN(CC)c1ccc(NC(=O)c2ccc(S(=O)(=O)NC3CC3)cc2)cc1. The van der Waals surface area contributed by atoms with Crippen LogP contribution in [-0.2, 0) is 10.0 Å². The van der Waals surface area contributed by atoms with E-state index in [1.54, 1.807) is 0 Å². The van der Waals surface area contributed by atoms with Crippen LogP contribution in [0.4, 0.5) is 11.4 Å². The van der Waals surface area contributed by atoms with Gasteiger partial charge in [0.05, 0.1) is 4.90 Å². The predicted octanol–water partition coefficient (Wildman–Crippen LogP) is 3.23. The Morgan fingerprint density at radius 1 is 1.00 bits per heavy atom. The number of anilines is 2. The molecule has 0 aliphatic heterocycles. The van der Waals surface area contributed by atoms with Crippen LogP contribution in [0.15, 0.2) is 53.4 Å². The monoisotopic (exact) mass is 387 g/mol. The summed E-state index contributed by atoms with van der Waals surface area (Å²) in [6.07, 6.45) is 1.76. The minimum absolute atomic E-state index is 0.0530. The van der Waals surface area contributed by atoms with E-state index in [-0.39, 0.29) is 16.8 Å². The average Bonchev–Trinajstić information content (AvgIpc) is 3.47. The second-order valence-corrected chi connectivity index (χ2v) is 8.31. The fraction of sp³-hybridized carbons (Fsp3) is 0.350. The number of sulfonamides is 1. The van der Waals surface area contributed by atoms with Gasteiger partial charge in [0.15, 0.2) is 0 Å². The number of hydrogen-bond donors (Lipinski definition) is 2. The second kappa shape index (κ2) is 8.10. The normalized spacial score (nSPS) is 14.0. The van der Waals surface area contributed by atoms with Gasteiger partial charge in [-0.05, 0) is 75.2 Å². The van der Waals surface area contributed by atoms with Gasteiger partial charge in [-0.3, -0.25) is 4.79 Å². The molecule has 1 saturated carbocycles. The fourth-order valence-corrected chi connectivity index (χ4v) is 4.13. The summed E-state index contributed by atoms with van der Waals surface area (Å²) < 4.78 is 27.0. The third kappa shape index (κ3) is 4.87. The van der Waals surface area contributed by atoms with Crippen LogP contribution in [-0.4, -0.2) is 33.5 Å². The Balaban J connectivity index is 1.65. The van der Waals surface area contributed by atoms with Crippen LogP contribution in [0.1, 0.15) is 37.0 Å². The maximum Gasteiger partial charge on any atom is 0.255 e. The van der Waals surface area contributed by atoms with E-state index >= 15 is 0 Å². The third-order valence-electron chi connectivity index (χ3n) is 4.58. The highest BCUT2D eigenvalue weighted by molar-refractivity contribution is 7.89. The Labute approximate surface area is 160 Å². The van der Waals surface area contributed by atoms with Gasteiger partial charge in [0.2, 0.25) is 10.0 Å². The summed E-state index contributed by atoms with van der Waals surface area (Å²) in [7, 11) is -3.50. The third-order valence-corrected chi connectivity index (χ3v) is 6.12. The molecule has 0 bridgehead atoms. The average molecular weight is 388 g/mol. The number of benzene rings is 2. The molecule has 7 heteroatoms. The largest absolute Gasteiger partial charge is 0.372 e. The molecule has 144 valence electrons. The lowest BCUT2D eigenvalue weighted by atomic mass is 10.2. The number of nitrogens with zero attached hydrogens (tertiary/aromatic N) is 1. The first-order chi connectivity index (χ1) is 12.9. The van der Waals surface area contributed by atoms with E-state index in [9.17, 15) is 13.2 Å². The van der Waals surface area contributed by atoms with Crippen LogP contribution < -0.4 is 14.9 Å². The quantitative estimate of drug-likeness (QED) is 0.729. The topological polar surface area (TPSA) is 78.5 Å². The van der Waals surface area contributed by atoms with Crippen molar-refractivity contribution in [3.63, 3.8) is 0 Å². The molecule has 6 nitrogen and oxygen atoms in total. The minimum atomic E-state index is -3.50. The Bertz CT molecular complexity index is 885. The summed E-state index contributed by atoms with van der Waals surface area (Å²) in [6.45, 7) is 6.05. The molecule has 1 fully saturated rings. The van der Waals surface area contributed by atoms with Gasteiger partial charge in [0.1, 0.15) is 0 Å². The fourth-order valence-electron chi connectivity index (χ4n) is 2.82. The summed E-state index contributed by atoms with van der Waals surface area (Å²) in [5.41, 5.74) is 2.21. The zero-order chi connectivity index (χ0) is 19.4. The molecule has 27 heavy (non-hydrogen) atoms. The van der Waals surface area contributed by atoms with Gasteiger partial charge in [0.25, 0.3) is 5.91 Å². The molecular weight excluding hydrogens is 362 g/mol. The highest BCUT2D eigenvalue weighted by atomic mass is 32.2. The van der Waals surface area contributed by atoms with Crippen molar-refractivity contribution in [1.82, 2.24) is 4.72 Å². The molecule has 1 amide bonds. The summed E-state index contributed by atoms with van der Waals surface area (Å²) in [5, 5.41) is 2.84. The van der Waals surface area contributed by atoms with Crippen LogP contribution >= 0.6 is 0 Å². The molecule has 3 rings (SSSR count). The molecule has 2 aromatic rings. The molecule has 0 saturated heterocycles. The zero-order valence-electron chi connectivity index (χ0n) is 15.6. The second-order valence-electron chi connectivity index (χ2n) is 6.59. The van der Waals surface area contributed by atoms with Crippen molar-refractivity contribution in [2.75, 3.05) is 23.3 Å². The number of amides is 1. The van der Waals surface area contributed by atoms with Crippen LogP contribution in [0.5, 0.6) is 0 Å². The highest BCUT2D eigenvalue weighted by Gasteiger charge is 2.27. The van der Waals surface area contributed by atoms with Crippen molar-refractivity contribution >= 4 is 27.3 Å². The van der Waals surface area contributed by atoms with Crippen LogP contribution in [0.3, 0.4) is 0 Å². The molecule has 0 aromatic heterocycles. The number of rotatable bonds is 8. The molecule has 0 atom stereocenters. The van der Waals surface area contributed by atoms with Crippen molar-refractivity contribution in [2.24, 2.45) is 0 Å². The highest BCUT2D eigenvalue weighted by Crippen LogP contribution is 2.22. The van der Waals surface area contributed by atoms with Gasteiger partial charge in [-0.2, -0.15) is 0 Å². The van der Waals surface area contributed by atoms with Gasteiger partial charge in [-0.1, -0.05) is 0 Å². The molecule has 0 unspecified atom stereocenters. The first kappa shape index (κ1) is 19.4. The van der Waals surface area contributed by atoms with Gasteiger partial charge in [-0.25, -0.2) is 13.1 Å². The van der Waals surface area contributed by atoms with Crippen molar-refractivity contribution < 1.29 is 13.2 Å². The summed E-state index contributed by atoms with van der Waals surface area (Å²) in [5.74, 6) is -0.273. The number of carbonyl (C=O) groups is 1. The van der Waals surface area contributed by atoms with Gasteiger partial charge >= 0.3 is 0 Å². The molecule has 2 aromatic carbocycles. The van der Waals surface area contributed by atoms with Crippen LogP contribution in [0.25, 0.3) is 0 Å². The Morgan fingerprint density at radius 3 is 2.11 bits per heavy atom. The van der Waals surface area contributed by atoms with Crippen LogP contribution in [0, 0.1) is 0 Å². The Morgan fingerprint density at radius 2 is 1.59 bits per heavy atom. The lowest BCUT2D eigenvalue weighted by molar-refractivity contribution is 0.102. The summed E-state index contributed by atoms with van der Waals surface area (Å²) in [6, 6.07) is 13.7. The Hall–Kier alpha value is -2.38. The predicted molar refractivity (Wildman–Crippen MR) is 108 cm³/mol. The number of carbonyl (C=O) groups excluding carboxylic acids is 1.